The minimum Gasteiger partial charge on any atom is -0.481 e. The van der Waals surface area contributed by atoms with Gasteiger partial charge in [-0.2, -0.15) is 11.8 Å². The molecule has 0 saturated carbocycles. The Kier molecular flexibility index (Phi) is 24.0. The average Bonchev–Trinajstić information content (AvgIpc) is 2.72. The highest BCUT2D eigenvalue weighted by molar-refractivity contribution is 7.99. The Morgan fingerprint density at radius 2 is 1.07 bits per heavy atom. The van der Waals surface area contributed by atoms with Gasteiger partial charge in [-0.1, -0.05) is 96.8 Å². The summed E-state index contributed by atoms with van der Waals surface area (Å²) in [5.41, 5.74) is 0. The smallest absolute Gasteiger partial charge is 0.305 e. The highest BCUT2D eigenvalue weighted by Crippen LogP contribution is 2.13. The minimum atomic E-state index is -0.738. The largest absolute Gasteiger partial charge is 0.481 e. The maximum absolute atomic E-state index is 11.7. The number of hydrogen-bond acceptors (Lipinski definition) is 4. The topological polar surface area (TPSA) is 63.6 Å². The molecule has 0 saturated heterocycles. The Morgan fingerprint density at radius 3 is 1.53 bits per heavy atom. The molecule has 1 N–H and O–H groups in total. The number of carbonyl (C=O) groups is 2. The van der Waals surface area contributed by atoms with Crippen molar-refractivity contribution < 1.29 is 19.4 Å². The molecule has 0 radical (unpaired) electrons. The molecule has 0 unspecified atom stereocenters. The number of carboxylic acids is 1. The first-order chi connectivity index (χ1) is 14.7. The molecule has 0 bridgehead atoms. The first kappa shape index (κ1) is 29.3. The Balaban J connectivity index is 3.14. The van der Waals surface area contributed by atoms with Crippen molar-refractivity contribution in [2.45, 2.75) is 129 Å². The molecule has 4 nitrogen and oxygen atoms in total. The van der Waals surface area contributed by atoms with Crippen molar-refractivity contribution in [1.29, 1.82) is 0 Å². The van der Waals surface area contributed by atoms with E-state index >= 15 is 0 Å². The van der Waals surface area contributed by atoms with Gasteiger partial charge in [-0.05, 0) is 30.8 Å². The predicted molar refractivity (Wildman–Crippen MR) is 129 cm³/mol. The van der Waals surface area contributed by atoms with Gasteiger partial charge in [0.15, 0.2) is 0 Å². The number of hydrogen-bond donors (Lipinski definition) is 1. The van der Waals surface area contributed by atoms with E-state index in [1.54, 1.807) is 11.8 Å². The second-order valence-corrected chi connectivity index (χ2v) is 9.61. The van der Waals surface area contributed by atoms with Crippen LogP contribution in [0.25, 0.3) is 0 Å². The number of esters is 1. The first-order valence-electron chi connectivity index (χ1n) is 12.6. The molecule has 0 spiro atoms. The van der Waals surface area contributed by atoms with Crippen LogP contribution < -0.4 is 0 Å². The summed E-state index contributed by atoms with van der Waals surface area (Å²) in [5, 5.41) is 8.56. The molecule has 0 rings (SSSR count). The van der Waals surface area contributed by atoms with Crippen molar-refractivity contribution in [2.24, 2.45) is 0 Å². The lowest BCUT2D eigenvalue weighted by molar-refractivity contribution is -0.143. The monoisotopic (exact) mass is 444 g/mol. The highest BCUT2D eigenvalue weighted by Gasteiger charge is 2.03. The van der Waals surface area contributed by atoms with Gasteiger partial charge in [0.1, 0.15) is 0 Å². The number of carboxylic acid groups (broad SMARTS) is 1. The zero-order chi connectivity index (χ0) is 22.1. The Bertz CT molecular complexity index is 387. The lowest BCUT2D eigenvalue weighted by Gasteiger charge is -2.05. The van der Waals surface area contributed by atoms with Crippen LogP contribution >= 0.6 is 11.8 Å². The van der Waals surface area contributed by atoms with Gasteiger partial charge < -0.3 is 9.84 Å². The van der Waals surface area contributed by atoms with Gasteiger partial charge in [0.05, 0.1) is 6.61 Å². The van der Waals surface area contributed by atoms with Gasteiger partial charge in [0.25, 0.3) is 0 Å². The zero-order valence-corrected chi connectivity index (χ0v) is 20.5. The van der Waals surface area contributed by atoms with E-state index in [0.717, 1.165) is 30.8 Å². The second-order valence-electron chi connectivity index (χ2n) is 8.38. The van der Waals surface area contributed by atoms with Gasteiger partial charge >= 0.3 is 11.9 Å². The molecule has 0 aliphatic heterocycles. The van der Waals surface area contributed by atoms with E-state index in [-0.39, 0.29) is 12.4 Å². The van der Waals surface area contributed by atoms with E-state index in [9.17, 15) is 9.59 Å². The summed E-state index contributed by atoms with van der Waals surface area (Å²) < 4.78 is 5.29. The fraction of sp³-hybridized carbons (Fsp3) is 0.920. The van der Waals surface area contributed by atoms with Crippen LogP contribution in [0, 0.1) is 0 Å². The second kappa shape index (κ2) is 24.6. The lowest BCUT2D eigenvalue weighted by Crippen LogP contribution is -2.06. The summed E-state index contributed by atoms with van der Waals surface area (Å²) in [6, 6.07) is 0. The van der Waals surface area contributed by atoms with Gasteiger partial charge in [0.2, 0.25) is 0 Å². The Labute approximate surface area is 190 Å². The fourth-order valence-electron chi connectivity index (χ4n) is 3.48. The van der Waals surface area contributed by atoms with Gasteiger partial charge in [-0.15, -0.1) is 0 Å². The van der Waals surface area contributed by atoms with Gasteiger partial charge in [-0.25, -0.2) is 0 Å². The van der Waals surface area contributed by atoms with Gasteiger partial charge in [0, 0.05) is 12.8 Å². The van der Waals surface area contributed by atoms with E-state index in [1.807, 2.05) is 0 Å². The third-order valence-electron chi connectivity index (χ3n) is 5.36. The van der Waals surface area contributed by atoms with Crippen LogP contribution in [0.4, 0.5) is 0 Å². The van der Waals surface area contributed by atoms with Crippen LogP contribution in [0.15, 0.2) is 0 Å². The summed E-state index contributed by atoms with van der Waals surface area (Å²) in [6.07, 6.45) is 22.3. The average molecular weight is 445 g/mol. The fourth-order valence-corrected chi connectivity index (χ4v) is 4.38. The zero-order valence-electron chi connectivity index (χ0n) is 19.6. The number of unbranched alkanes of at least 4 members (excludes halogenated alkanes) is 14. The SMILES string of the molecule is CCCCCCCCCCCCCCCCCOC(=O)CCCSCCCC(=O)O. The van der Waals surface area contributed by atoms with E-state index in [1.165, 1.54) is 83.5 Å². The van der Waals surface area contributed by atoms with Crippen LogP contribution in [-0.2, 0) is 14.3 Å². The molecule has 5 heteroatoms. The Hall–Kier alpha value is -0.710. The summed E-state index contributed by atoms with van der Waals surface area (Å²) in [4.78, 5) is 22.1. The van der Waals surface area contributed by atoms with E-state index < -0.39 is 5.97 Å². The predicted octanol–water partition coefficient (Wildman–Crippen LogP) is 7.78. The van der Waals surface area contributed by atoms with Crippen LogP contribution in [0.3, 0.4) is 0 Å². The maximum Gasteiger partial charge on any atom is 0.305 e. The molecule has 0 amide bonds. The molecule has 178 valence electrons. The van der Waals surface area contributed by atoms with Crippen LogP contribution in [0.5, 0.6) is 0 Å². The summed E-state index contributed by atoms with van der Waals surface area (Å²) >= 11 is 1.72. The Morgan fingerprint density at radius 1 is 0.633 bits per heavy atom. The van der Waals surface area contributed by atoms with Crippen molar-refractivity contribution >= 4 is 23.7 Å². The maximum atomic E-state index is 11.7. The molecule has 0 heterocycles. The van der Waals surface area contributed by atoms with Crippen molar-refractivity contribution in [1.82, 2.24) is 0 Å². The molecule has 0 atom stereocenters. The number of thioether (sulfide) groups is 1. The van der Waals surface area contributed by atoms with E-state index in [2.05, 4.69) is 6.92 Å². The van der Waals surface area contributed by atoms with Crippen molar-refractivity contribution in [3.05, 3.63) is 0 Å². The summed E-state index contributed by atoms with van der Waals surface area (Å²) in [7, 11) is 0. The molecule has 0 aromatic carbocycles. The third-order valence-corrected chi connectivity index (χ3v) is 6.51. The van der Waals surface area contributed by atoms with E-state index in [0.29, 0.717) is 19.4 Å². The summed E-state index contributed by atoms with van der Waals surface area (Å²) in [5.74, 6) is 0.915. The van der Waals surface area contributed by atoms with Crippen LogP contribution in [0.2, 0.25) is 0 Å². The molecular weight excluding hydrogens is 396 g/mol. The summed E-state index contributed by atoms with van der Waals surface area (Å²) in [6.45, 7) is 2.83. The molecule has 0 aromatic rings. The minimum absolute atomic E-state index is 0.0912. The van der Waals surface area contributed by atoms with Crippen LogP contribution in [-0.4, -0.2) is 35.2 Å². The normalized spacial score (nSPS) is 11.0. The van der Waals surface area contributed by atoms with E-state index in [4.69, 9.17) is 9.84 Å². The first-order valence-corrected chi connectivity index (χ1v) is 13.8. The molecule has 0 fully saturated rings. The van der Waals surface area contributed by atoms with Gasteiger partial charge in [-0.3, -0.25) is 9.59 Å². The van der Waals surface area contributed by atoms with Crippen molar-refractivity contribution in [3.8, 4) is 0 Å². The number of ether oxygens (including phenoxy) is 1. The molecule has 0 aromatic heterocycles. The number of aliphatic carboxylic acids is 1. The molecule has 30 heavy (non-hydrogen) atoms. The van der Waals surface area contributed by atoms with Crippen molar-refractivity contribution in [3.63, 3.8) is 0 Å². The van der Waals surface area contributed by atoms with Crippen molar-refractivity contribution in [2.75, 3.05) is 18.1 Å². The number of rotatable bonds is 24. The number of carbonyl (C=O) groups excluding carboxylic acids is 1. The molecular formula is C25H48O4S. The highest BCUT2D eigenvalue weighted by atomic mass is 32.2. The molecule has 0 aliphatic carbocycles. The lowest BCUT2D eigenvalue weighted by atomic mass is 10.0. The quantitative estimate of drug-likeness (QED) is 0.122. The third kappa shape index (κ3) is 25.3. The van der Waals surface area contributed by atoms with Crippen LogP contribution in [0.1, 0.15) is 129 Å². The molecule has 0 aliphatic rings. The standard InChI is InChI=1S/C25H48O4S/c1-2-3-4-5-6-7-8-9-10-11-12-13-14-15-16-21-29-25(28)20-18-23-30-22-17-19-24(26)27/h2-23H2,1H3,(H,26,27).